The molecule has 1 saturated heterocycles. The highest BCUT2D eigenvalue weighted by molar-refractivity contribution is 5.76. The van der Waals surface area contributed by atoms with Gasteiger partial charge in [-0.2, -0.15) is 0 Å². The van der Waals surface area contributed by atoms with Gasteiger partial charge in [0.05, 0.1) is 6.10 Å². The van der Waals surface area contributed by atoms with Gasteiger partial charge in [-0.25, -0.2) is 4.79 Å². The molecule has 0 spiro atoms. The maximum atomic E-state index is 12.0. The zero-order chi connectivity index (χ0) is 11.9. The SMILES string of the molecule is CN1CCN(C2CC(O)CCC2(C)C)C1=O. The van der Waals surface area contributed by atoms with Gasteiger partial charge in [0.2, 0.25) is 0 Å². The molecule has 2 fully saturated rings. The average molecular weight is 226 g/mol. The molecular formula is C12H22N2O2. The third-order valence-corrected chi connectivity index (χ3v) is 4.14. The Morgan fingerprint density at radius 1 is 1.38 bits per heavy atom. The van der Waals surface area contributed by atoms with Gasteiger partial charge in [0, 0.05) is 26.2 Å². The molecule has 0 aromatic carbocycles. The van der Waals surface area contributed by atoms with Crippen molar-refractivity contribution >= 4 is 6.03 Å². The number of hydrogen-bond acceptors (Lipinski definition) is 2. The average Bonchev–Trinajstić information content (AvgIpc) is 2.53. The number of urea groups is 1. The Morgan fingerprint density at radius 3 is 2.62 bits per heavy atom. The first-order valence-corrected chi connectivity index (χ1v) is 6.11. The second kappa shape index (κ2) is 3.91. The van der Waals surface area contributed by atoms with E-state index in [4.69, 9.17) is 0 Å². The maximum Gasteiger partial charge on any atom is 0.320 e. The number of likely N-dealkylation sites (N-methyl/N-ethyl adjacent to an activating group) is 1. The summed E-state index contributed by atoms with van der Waals surface area (Å²) in [6.45, 7) is 6.02. The highest BCUT2D eigenvalue weighted by Crippen LogP contribution is 2.39. The van der Waals surface area contributed by atoms with Crippen molar-refractivity contribution < 1.29 is 9.90 Å². The lowest BCUT2D eigenvalue weighted by atomic mass is 9.71. The summed E-state index contributed by atoms with van der Waals surface area (Å²) in [7, 11) is 1.84. The van der Waals surface area contributed by atoms with Crippen molar-refractivity contribution in [1.29, 1.82) is 0 Å². The molecule has 2 atom stereocenters. The Balaban J connectivity index is 2.15. The van der Waals surface area contributed by atoms with Crippen LogP contribution in [0.4, 0.5) is 4.79 Å². The molecule has 2 rings (SSSR count). The Kier molecular flexibility index (Phi) is 2.86. The lowest BCUT2D eigenvalue weighted by Crippen LogP contribution is -2.51. The quantitative estimate of drug-likeness (QED) is 0.732. The molecule has 16 heavy (non-hydrogen) atoms. The summed E-state index contributed by atoms with van der Waals surface area (Å²) in [5.74, 6) is 0. The standard InChI is InChI=1S/C12H22N2O2/c1-12(2)5-4-9(15)8-10(12)14-7-6-13(3)11(14)16/h9-10,15H,4-8H2,1-3H3. The second-order valence-corrected chi connectivity index (χ2v) is 5.83. The van der Waals surface area contributed by atoms with E-state index in [0.717, 1.165) is 32.4 Å². The van der Waals surface area contributed by atoms with Crippen LogP contribution in [0.15, 0.2) is 0 Å². The van der Waals surface area contributed by atoms with Gasteiger partial charge >= 0.3 is 6.03 Å². The molecule has 1 saturated carbocycles. The first-order valence-electron chi connectivity index (χ1n) is 6.11. The van der Waals surface area contributed by atoms with E-state index in [1.54, 1.807) is 4.90 Å². The Hall–Kier alpha value is -0.770. The van der Waals surface area contributed by atoms with Crippen LogP contribution in [0.25, 0.3) is 0 Å². The molecule has 0 radical (unpaired) electrons. The van der Waals surface area contributed by atoms with Gasteiger partial charge in [-0.3, -0.25) is 0 Å². The monoisotopic (exact) mass is 226 g/mol. The largest absolute Gasteiger partial charge is 0.393 e. The number of rotatable bonds is 1. The summed E-state index contributed by atoms with van der Waals surface area (Å²) in [5.41, 5.74) is 0.125. The van der Waals surface area contributed by atoms with Gasteiger partial charge in [-0.1, -0.05) is 13.8 Å². The van der Waals surface area contributed by atoms with Crippen molar-refractivity contribution in [2.45, 2.75) is 45.3 Å². The number of amides is 2. The summed E-state index contributed by atoms with van der Waals surface area (Å²) >= 11 is 0. The van der Waals surface area contributed by atoms with E-state index in [2.05, 4.69) is 13.8 Å². The van der Waals surface area contributed by atoms with E-state index >= 15 is 0 Å². The molecule has 92 valence electrons. The van der Waals surface area contributed by atoms with Crippen LogP contribution in [-0.4, -0.2) is 53.2 Å². The minimum absolute atomic E-state index is 0.118. The smallest absolute Gasteiger partial charge is 0.320 e. The maximum absolute atomic E-state index is 12.0. The van der Waals surface area contributed by atoms with Crippen molar-refractivity contribution in [3.63, 3.8) is 0 Å². The Bertz CT molecular complexity index is 291. The van der Waals surface area contributed by atoms with Gasteiger partial charge in [0.25, 0.3) is 0 Å². The van der Waals surface area contributed by atoms with E-state index in [0.29, 0.717) is 0 Å². The molecule has 1 aliphatic carbocycles. The number of carbonyl (C=O) groups is 1. The van der Waals surface area contributed by atoms with Crippen LogP contribution in [0.2, 0.25) is 0 Å². The topological polar surface area (TPSA) is 43.8 Å². The van der Waals surface area contributed by atoms with Crippen LogP contribution >= 0.6 is 0 Å². The minimum Gasteiger partial charge on any atom is -0.393 e. The van der Waals surface area contributed by atoms with E-state index in [9.17, 15) is 9.90 Å². The Labute approximate surface area is 97.2 Å². The third kappa shape index (κ3) is 1.90. The van der Waals surface area contributed by atoms with Crippen LogP contribution in [0.1, 0.15) is 33.1 Å². The zero-order valence-electron chi connectivity index (χ0n) is 10.4. The molecule has 0 aromatic heterocycles. The van der Waals surface area contributed by atoms with Crippen LogP contribution in [0.5, 0.6) is 0 Å². The van der Waals surface area contributed by atoms with Gasteiger partial charge < -0.3 is 14.9 Å². The van der Waals surface area contributed by atoms with E-state index in [1.165, 1.54) is 0 Å². The van der Waals surface area contributed by atoms with Crippen LogP contribution in [-0.2, 0) is 0 Å². The first-order chi connectivity index (χ1) is 7.42. The first kappa shape index (κ1) is 11.7. The number of carbonyl (C=O) groups excluding carboxylic acids is 1. The zero-order valence-corrected chi connectivity index (χ0v) is 10.4. The normalized spacial score (nSPS) is 34.6. The number of nitrogens with zero attached hydrogens (tertiary/aromatic N) is 2. The highest BCUT2D eigenvalue weighted by Gasteiger charge is 2.43. The van der Waals surface area contributed by atoms with Gasteiger partial charge in [0.1, 0.15) is 0 Å². The summed E-state index contributed by atoms with van der Waals surface area (Å²) in [6, 6.07) is 0.306. The van der Waals surface area contributed by atoms with Crippen LogP contribution in [0, 0.1) is 5.41 Å². The Morgan fingerprint density at radius 2 is 2.06 bits per heavy atom. The molecule has 0 aromatic rings. The molecule has 2 aliphatic rings. The van der Waals surface area contributed by atoms with Crippen LogP contribution in [0.3, 0.4) is 0 Å². The van der Waals surface area contributed by atoms with Crippen molar-refractivity contribution in [1.82, 2.24) is 9.80 Å². The molecule has 2 amide bonds. The lowest BCUT2D eigenvalue weighted by molar-refractivity contribution is 0.0104. The fraction of sp³-hybridized carbons (Fsp3) is 0.917. The van der Waals surface area contributed by atoms with Crippen molar-refractivity contribution in [3.05, 3.63) is 0 Å². The summed E-state index contributed by atoms with van der Waals surface area (Å²) < 4.78 is 0. The van der Waals surface area contributed by atoms with E-state index in [1.807, 2.05) is 11.9 Å². The summed E-state index contributed by atoms with van der Waals surface area (Å²) in [4.78, 5) is 15.7. The van der Waals surface area contributed by atoms with Gasteiger partial charge in [-0.05, 0) is 24.7 Å². The molecule has 1 aliphatic heterocycles. The molecular weight excluding hydrogens is 204 g/mol. The van der Waals surface area contributed by atoms with Crippen LogP contribution < -0.4 is 0 Å². The molecule has 4 heteroatoms. The lowest BCUT2D eigenvalue weighted by Gasteiger charge is -2.45. The van der Waals surface area contributed by atoms with Gasteiger partial charge in [0.15, 0.2) is 0 Å². The summed E-state index contributed by atoms with van der Waals surface area (Å²) in [5, 5.41) is 9.77. The molecule has 0 bridgehead atoms. The molecule has 1 heterocycles. The van der Waals surface area contributed by atoms with E-state index < -0.39 is 0 Å². The minimum atomic E-state index is -0.239. The van der Waals surface area contributed by atoms with Crippen molar-refractivity contribution in [3.8, 4) is 0 Å². The fourth-order valence-electron chi connectivity index (χ4n) is 2.91. The predicted octanol–water partition coefficient (Wildman–Crippen LogP) is 1.29. The predicted molar refractivity (Wildman–Crippen MR) is 62.2 cm³/mol. The van der Waals surface area contributed by atoms with E-state index in [-0.39, 0.29) is 23.6 Å². The molecule has 2 unspecified atom stereocenters. The van der Waals surface area contributed by atoms with Crippen molar-refractivity contribution in [2.75, 3.05) is 20.1 Å². The molecule has 4 nitrogen and oxygen atoms in total. The number of aliphatic hydroxyl groups excluding tert-OH is 1. The third-order valence-electron chi connectivity index (χ3n) is 4.14. The highest BCUT2D eigenvalue weighted by atomic mass is 16.3. The van der Waals surface area contributed by atoms with Gasteiger partial charge in [-0.15, -0.1) is 0 Å². The number of hydrogen-bond donors (Lipinski definition) is 1. The molecule has 1 N–H and O–H groups in total. The fourth-order valence-corrected chi connectivity index (χ4v) is 2.91. The number of aliphatic hydroxyl groups is 1. The van der Waals surface area contributed by atoms with Crippen molar-refractivity contribution in [2.24, 2.45) is 5.41 Å². The summed E-state index contributed by atoms with van der Waals surface area (Å²) in [6.07, 6.45) is 2.34. The second-order valence-electron chi connectivity index (χ2n) is 5.83.